The zero-order valence-electron chi connectivity index (χ0n) is 8.99. The van der Waals surface area contributed by atoms with Gasteiger partial charge in [0.05, 0.1) is 0 Å². The maximum atomic E-state index is 10.8. The van der Waals surface area contributed by atoms with Crippen LogP contribution in [0.3, 0.4) is 0 Å². The van der Waals surface area contributed by atoms with Crippen LogP contribution >= 0.6 is 0 Å². The average molecular weight is 200 g/mol. The lowest BCUT2D eigenvalue weighted by Gasteiger charge is -2.14. The standard InChI is InChI=1S/C10H20N2O2/c1-12(2)7-3-6-11-9(10(13)14)8-4-5-8/h8-9,11H,3-7H2,1-2H3,(H,13,14). The smallest absolute Gasteiger partial charge is 0.320 e. The predicted octanol–water partition coefficient (Wildman–Crippen LogP) is 0.391. The molecule has 1 aliphatic carbocycles. The molecule has 0 bridgehead atoms. The maximum Gasteiger partial charge on any atom is 0.320 e. The molecular weight excluding hydrogens is 180 g/mol. The summed E-state index contributed by atoms with van der Waals surface area (Å²) in [6.45, 7) is 1.80. The van der Waals surface area contributed by atoms with Crippen molar-refractivity contribution in [3.05, 3.63) is 0 Å². The molecule has 0 heterocycles. The van der Waals surface area contributed by atoms with Gasteiger partial charge < -0.3 is 15.3 Å². The van der Waals surface area contributed by atoms with Crippen molar-refractivity contribution in [1.82, 2.24) is 10.2 Å². The van der Waals surface area contributed by atoms with E-state index in [0.717, 1.165) is 32.4 Å². The number of rotatable bonds is 7. The Labute approximate surface area is 85.3 Å². The summed E-state index contributed by atoms with van der Waals surface area (Å²) in [7, 11) is 4.05. The number of hydrogen-bond acceptors (Lipinski definition) is 3. The highest BCUT2D eigenvalue weighted by Gasteiger charge is 2.35. The number of nitrogens with one attached hydrogen (secondary N) is 1. The van der Waals surface area contributed by atoms with E-state index in [2.05, 4.69) is 10.2 Å². The first-order valence-electron chi connectivity index (χ1n) is 5.22. The van der Waals surface area contributed by atoms with Gasteiger partial charge in [-0.3, -0.25) is 4.79 Å². The van der Waals surface area contributed by atoms with Crippen molar-refractivity contribution >= 4 is 5.97 Å². The summed E-state index contributed by atoms with van der Waals surface area (Å²) in [6.07, 6.45) is 3.14. The third kappa shape index (κ3) is 4.07. The van der Waals surface area contributed by atoms with E-state index < -0.39 is 5.97 Å². The Morgan fingerprint density at radius 1 is 1.57 bits per heavy atom. The summed E-state index contributed by atoms with van der Waals surface area (Å²) < 4.78 is 0. The minimum atomic E-state index is -0.697. The molecule has 0 amide bonds. The Morgan fingerprint density at radius 2 is 2.21 bits per heavy atom. The number of carboxylic acid groups (broad SMARTS) is 1. The fraction of sp³-hybridized carbons (Fsp3) is 0.900. The third-order valence-corrected chi connectivity index (χ3v) is 2.51. The quantitative estimate of drug-likeness (QED) is 0.584. The highest BCUT2D eigenvalue weighted by Crippen LogP contribution is 2.32. The van der Waals surface area contributed by atoms with Gasteiger partial charge in [0.1, 0.15) is 6.04 Å². The molecule has 14 heavy (non-hydrogen) atoms. The highest BCUT2D eigenvalue weighted by atomic mass is 16.4. The molecule has 0 aromatic carbocycles. The topological polar surface area (TPSA) is 52.6 Å². The molecule has 1 saturated carbocycles. The molecule has 0 spiro atoms. The molecule has 1 rings (SSSR count). The second-order valence-corrected chi connectivity index (χ2v) is 4.26. The van der Waals surface area contributed by atoms with E-state index >= 15 is 0 Å². The summed E-state index contributed by atoms with van der Waals surface area (Å²) in [5.41, 5.74) is 0. The van der Waals surface area contributed by atoms with E-state index in [-0.39, 0.29) is 6.04 Å². The molecule has 2 N–H and O–H groups in total. The number of carbonyl (C=O) groups is 1. The molecule has 1 fully saturated rings. The lowest BCUT2D eigenvalue weighted by Crippen LogP contribution is -2.39. The lowest BCUT2D eigenvalue weighted by atomic mass is 10.2. The van der Waals surface area contributed by atoms with Gasteiger partial charge in [0, 0.05) is 0 Å². The molecule has 4 nitrogen and oxygen atoms in total. The highest BCUT2D eigenvalue weighted by molar-refractivity contribution is 5.74. The van der Waals surface area contributed by atoms with Crippen LogP contribution in [0.4, 0.5) is 0 Å². The van der Waals surface area contributed by atoms with Gasteiger partial charge in [-0.05, 0) is 52.4 Å². The van der Waals surface area contributed by atoms with Gasteiger partial charge in [-0.25, -0.2) is 0 Å². The molecule has 0 radical (unpaired) electrons. The summed E-state index contributed by atoms with van der Waals surface area (Å²) >= 11 is 0. The van der Waals surface area contributed by atoms with Crippen molar-refractivity contribution in [3.8, 4) is 0 Å². The largest absolute Gasteiger partial charge is 0.480 e. The van der Waals surface area contributed by atoms with Crippen LogP contribution in [-0.4, -0.2) is 49.2 Å². The van der Waals surface area contributed by atoms with Crippen LogP contribution in [0.5, 0.6) is 0 Å². The van der Waals surface area contributed by atoms with Crippen LogP contribution in [0.2, 0.25) is 0 Å². The zero-order valence-corrected chi connectivity index (χ0v) is 8.99. The van der Waals surface area contributed by atoms with E-state index in [1.807, 2.05) is 14.1 Å². The molecule has 1 atom stereocenters. The molecule has 82 valence electrons. The Hall–Kier alpha value is -0.610. The van der Waals surface area contributed by atoms with Gasteiger partial charge in [0.25, 0.3) is 0 Å². The van der Waals surface area contributed by atoms with Crippen LogP contribution in [0.25, 0.3) is 0 Å². The van der Waals surface area contributed by atoms with Crippen LogP contribution < -0.4 is 5.32 Å². The molecule has 0 aromatic heterocycles. The fourth-order valence-corrected chi connectivity index (χ4v) is 1.54. The van der Waals surface area contributed by atoms with Crippen LogP contribution in [0.1, 0.15) is 19.3 Å². The maximum absolute atomic E-state index is 10.8. The fourth-order valence-electron chi connectivity index (χ4n) is 1.54. The van der Waals surface area contributed by atoms with Gasteiger partial charge in [0.15, 0.2) is 0 Å². The van der Waals surface area contributed by atoms with Gasteiger partial charge in [-0.1, -0.05) is 0 Å². The van der Waals surface area contributed by atoms with Crippen molar-refractivity contribution in [1.29, 1.82) is 0 Å². The summed E-state index contributed by atoms with van der Waals surface area (Å²) in [4.78, 5) is 12.9. The summed E-state index contributed by atoms with van der Waals surface area (Å²) in [5.74, 6) is -0.316. The van der Waals surface area contributed by atoms with E-state index in [9.17, 15) is 4.79 Å². The molecule has 0 saturated heterocycles. The predicted molar refractivity (Wildman–Crippen MR) is 55.3 cm³/mol. The average Bonchev–Trinajstić information content (AvgIpc) is 2.86. The van der Waals surface area contributed by atoms with E-state index in [1.165, 1.54) is 0 Å². The van der Waals surface area contributed by atoms with Gasteiger partial charge >= 0.3 is 5.97 Å². The Kier molecular flexibility index (Phi) is 4.35. The number of nitrogens with zero attached hydrogens (tertiary/aromatic N) is 1. The molecule has 1 aliphatic rings. The normalized spacial score (nSPS) is 18.5. The lowest BCUT2D eigenvalue weighted by molar-refractivity contribution is -0.140. The van der Waals surface area contributed by atoms with E-state index in [4.69, 9.17) is 5.11 Å². The van der Waals surface area contributed by atoms with Crippen molar-refractivity contribution in [2.45, 2.75) is 25.3 Å². The van der Waals surface area contributed by atoms with Gasteiger partial charge in [-0.2, -0.15) is 0 Å². The number of carboxylic acids is 1. The Morgan fingerprint density at radius 3 is 2.64 bits per heavy atom. The Balaban J connectivity index is 2.11. The van der Waals surface area contributed by atoms with E-state index in [0.29, 0.717) is 5.92 Å². The SMILES string of the molecule is CN(C)CCCNC(C(=O)O)C1CC1. The van der Waals surface area contributed by atoms with Crippen LogP contribution in [-0.2, 0) is 4.79 Å². The summed E-state index contributed by atoms with van der Waals surface area (Å²) in [6, 6.07) is -0.308. The van der Waals surface area contributed by atoms with E-state index in [1.54, 1.807) is 0 Å². The van der Waals surface area contributed by atoms with Crippen molar-refractivity contribution in [2.24, 2.45) is 5.92 Å². The minimum absolute atomic E-state index is 0.308. The zero-order chi connectivity index (χ0) is 10.6. The van der Waals surface area contributed by atoms with Crippen LogP contribution in [0.15, 0.2) is 0 Å². The first-order chi connectivity index (χ1) is 6.61. The molecular formula is C10H20N2O2. The monoisotopic (exact) mass is 200 g/mol. The van der Waals surface area contributed by atoms with Gasteiger partial charge in [0.2, 0.25) is 0 Å². The first kappa shape index (κ1) is 11.5. The van der Waals surface area contributed by atoms with Crippen molar-refractivity contribution < 1.29 is 9.90 Å². The molecule has 1 unspecified atom stereocenters. The molecule has 0 aromatic rings. The van der Waals surface area contributed by atoms with Gasteiger partial charge in [-0.15, -0.1) is 0 Å². The third-order valence-electron chi connectivity index (χ3n) is 2.51. The molecule has 4 heteroatoms. The first-order valence-corrected chi connectivity index (χ1v) is 5.22. The Bertz CT molecular complexity index is 191. The van der Waals surface area contributed by atoms with Crippen molar-refractivity contribution in [3.63, 3.8) is 0 Å². The number of aliphatic carboxylic acids is 1. The minimum Gasteiger partial charge on any atom is -0.480 e. The van der Waals surface area contributed by atoms with Crippen molar-refractivity contribution in [2.75, 3.05) is 27.2 Å². The summed E-state index contributed by atoms with van der Waals surface area (Å²) in [5, 5.41) is 12.0. The second-order valence-electron chi connectivity index (χ2n) is 4.26. The van der Waals surface area contributed by atoms with Crippen LogP contribution in [0, 0.1) is 5.92 Å². The molecule has 0 aliphatic heterocycles. The second kappa shape index (κ2) is 5.32. The number of hydrogen-bond donors (Lipinski definition) is 2.